The number of ether oxygens (including phenoxy) is 2. The molecule has 0 saturated carbocycles. The Bertz CT molecular complexity index is 503. The standard InChI is InChI=1S/C23H36O2/c1-3-4-5-6-7-8-9-10-11-12-13-15-21-16-14-17-22(18-21)24-19-23(2)20-25-23/h4-5,14,16-18H,3,6-13,15,19-20H2,1-2H3/b5-4+. The number of hydrogen-bond donors (Lipinski definition) is 0. The largest absolute Gasteiger partial charge is 0.490 e. The van der Waals surface area contributed by atoms with Gasteiger partial charge in [-0.2, -0.15) is 0 Å². The molecule has 1 aromatic carbocycles. The lowest BCUT2D eigenvalue weighted by Gasteiger charge is -2.10. The van der Waals surface area contributed by atoms with Crippen molar-refractivity contribution in [1.29, 1.82) is 0 Å². The highest BCUT2D eigenvalue weighted by Gasteiger charge is 2.40. The van der Waals surface area contributed by atoms with E-state index in [2.05, 4.69) is 44.2 Å². The van der Waals surface area contributed by atoms with Crippen molar-refractivity contribution in [2.24, 2.45) is 0 Å². The molecule has 0 aliphatic carbocycles. The van der Waals surface area contributed by atoms with Crippen molar-refractivity contribution in [3.8, 4) is 5.75 Å². The summed E-state index contributed by atoms with van der Waals surface area (Å²) in [7, 11) is 0. The molecule has 0 aromatic heterocycles. The molecule has 1 aliphatic heterocycles. The lowest BCUT2D eigenvalue weighted by molar-refractivity contribution is 0.202. The molecule has 1 atom stereocenters. The lowest BCUT2D eigenvalue weighted by atomic mass is 10.0. The smallest absolute Gasteiger partial charge is 0.123 e. The first-order valence-electron chi connectivity index (χ1n) is 10.2. The van der Waals surface area contributed by atoms with Crippen LogP contribution in [0.3, 0.4) is 0 Å². The van der Waals surface area contributed by atoms with Gasteiger partial charge in [0.05, 0.1) is 6.61 Å². The molecule has 0 radical (unpaired) electrons. The van der Waals surface area contributed by atoms with Crippen LogP contribution in [0.1, 0.15) is 77.2 Å². The van der Waals surface area contributed by atoms with Crippen molar-refractivity contribution in [3.05, 3.63) is 42.0 Å². The number of benzene rings is 1. The van der Waals surface area contributed by atoms with E-state index < -0.39 is 0 Å². The van der Waals surface area contributed by atoms with Crippen LogP contribution in [-0.4, -0.2) is 18.8 Å². The van der Waals surface area contributed by atoms with Crippen LogP contribution in [0.4, 0.5) is 0 Å². The van der Waals surface area contributed by atoms with Gasteiger partial charge in [0.2, 0.25) is 0 Å². The Labute approximate surface area is 154 Å². The third kappa shape index (κ3) is 9.11. The highest BCUT2D eigenvalue weighted by Crippen LogP contribution is 2.27. The topological polar surface area (TPSA) is 21.8 Å². The summed E-state index contributed by atoms with van der Waals surface area (Å²) >= 11 is 0. The fourth-order valence-corrected chi connectivity index (χ4v) is 2.99. The predicted octanol–water partition coefficient (Wildman–Crippen LogP) is 6.48. The van der Waals surface area contributed by atoms with E-state index in [1.165, 1.54) is 63.4 Å². The Hall–Kier alpha value is -1.28. The Morgan fingerprint density at radius 2 is 1.76 bits per heavy atom. The molecule has 0 spiro atoms. The molecule has 140 valence electrons. The SMILES string of the molecule is CC/C=C/CCCCCCCCCc1cccc(OCC2(C)CO2)c1. The molecular weight excluding hydrogens is 308 g/mol. The summed E-state index contributed by atoms with van der Waals surface area (Å²) in [6, 6.07) is 8.56. The van der Waals surface area contributed by atoms with E-state index in [4.69, 9.17) is 9.47 Å². The minimum Gasteiger partial charge on any atom is -0.490 e. The van der Waals surface area contributed by atoms with Gasteiger partial charge < -0.3 is 9.47 Å². The quantitative estimate of drug-likeness (QED) is 0.219. The van der Waals surface area contributed by atoms with Gasteiger partial charge in [-0.15, -0.1) is 0 Å². The van der Waals surface area contributed by atoms with E-state index in [1.807, 2.05) is 6.07 Å². The normalized spacial score (nSPS) is 19.4. The fraction of sp³-hybridized carbons (Fsp3) is 0.652. The van der Waals surface area contributed by atoms with Crippen LogP contribution in [0.2, 0.25) is 0 Å². The highest BCUT2D eigenvalue weighted by atomic mass is 16.6. The first-order chi connectivity index (χ1) is 12.2. The van der Waals surface area contributed by atoms with Gasteiger partial charge in [0.15, 0.2) is 0 Å². The summed E-state index contributed by atoms with van der Waals surface area (Å²) in [4.78, 5) is 0. The van der Waals surface area contributed by atoms with Crippen LogP contribution in [0.5, 0.6) is 5.75 Å². The zero-order chi connectivity index (χ0) is 17.8. The summed E-state index contributed by atoms with van der Waals surface area (Å²) in [5.41, 5.74) is 1.35. The van der Waals surface area contributed by atoms with Gasteiger partial charge in [0.1, 0.15) is 18.0 Å². The number of allylic oxidation sites excluding steroid dienone is 2. The van der Waals surface area contributed by atoms with Crippen LogP contribution in [0, 0.1) is 0 Å². The molecule has 2 heteroatoms. The van der Waals surface area contributed by atoms with Gasteiger partial charge in [-0.3, -0.25) is 0 Å². The maximum absolute atomic E-state index is 5.85. The first kappa shape index (κ1) is 20.0. The molecule has 1 fully saturated rings. The Morgan fingerprint density at radius 1 is 1.04 bits per heavy atom. The minimum atomic E-state index is -0.0394. The highest BCUT2D eigenvalue weighted by molar-refractivity contribution is 5.28. The van der Waals surface area contributed by atoms with Crippen LogP contribution in [0.15, 0.2) is 36.4 Å². The minimum absolute atomic E-state index is 0.0394. The van der Waals surface area contributed by atoms with E-state index in [1.54, 1.807) is 0 Å². The molecule has 25 heavy (non-hydrogen) atoms. The molecule has 1 heterocycles. The van der Waals surface area contributed by atoms with Gasteiger partial charge in [-0.25, -0.2) is 0 Å². The maximum Gasteiger partial charge on any atom is 0.123 e. The van der Waals surface area contributed by atoms with Crippen LogP contribution >= 0.6 is 0 Å². The van der Waals surface area contributed by atoms with E-state index >= 15 is 0 Å². The van der Waals surface area contributed by atoms with Gasteiger partial charge in [0, 0.05) is 0 Å². The summed E-state index contributed by atoms with van der Waals surface area (Å²) < 4.78 is 11.2. The van der Waals surface area contributed by atoms with Gasteiger partial charge in [0.25, 0.3) is 0 Å². The third-order valence-corrected chi connectivity index (χ3v) is 4.82. The number of epoxide rings is 1. The molecule has 0 amide bonds. The predicted molar refractivity (Wildman–Crippen MR) is 106 cm³/mol. The Morgan fingerprint density at radius 3 is 2.48 bits per heavy atom. The third-order valence-electron chi connectivity index (χ3n) is 4.82. The van der Waals surface area contributed by atoms with Gasteiger partial charge in [-0.1, -0.05) is 63.3 Å². The average Bonchev–Trinajstić information content (AvgIpc) is 3.36. The molecule has 2 nitrogen and oxygen atoms in total. The molecule has 0 bridgehead atoms. The molecule has 1 aromatic rings. The molecule has 1 saturated heterocycles. The van der Waals surface area contributed by atoms with Crippen LogP contribution < -0.4 is 4.74 Å². The second-order valence-corrected chi connectivity index (χ2v) is 7.57. The average molecular weight is 345 g/mol. The number of rotatable bonds is 14. The van der Waals surface area contributed by atoms with E-state index in [0.717, 1.165) is 18.8 Å². The van der Waals surface area contributed by atoms with Crippen LogP contribution in [-0.2, 0) is 11.2 Å². The lowest BCUT2D eigenvalue weighted by Crippen LogP contribution is -2.16. The summed E-state index contributed by atoms with van der Waals surface area (Å²) in [6.07, 6.45) is 17.7. The molecule has 1 aliphatic rings. The summed E-state index contributed by atoms with van der Waals surface area (Å²) in [5, 5.41) is 0. The second kappa shape index (κ2) is 11.4. The number of hydrogen-bond acceptors (Lipinski definition) is 2. The zero-order valence-corrected chi connectivity index (χ0v) is 16.3. The fourth-order valence-electron chi connectivity index (χ4n) is 2.99. The van der Waals surface area contributed by atoms with Crippen molar-refractivity contribution in [3.63, 3.8) is 0 Å². The van der Waals surface area contributed by atoms with Crippen molar-refractivity contribution in [1.82, 2.24) is 0 Å². The first-order valence-corrected chi connectivity index (χ1v) is 10.2. The summed E-state index contributed by atoms with van der Waals surface area (Å²) in [6.45, 7) is 5.77. The number of aryl methyl sites for hydroxylation is 1. The van der Waals surface area contributed by atoms with E-state index in [-0.39, 0.29) is 5.60 Å². The van der Waals surface area contributed by atoms with Crippen molar-refractivity contribution in [2.45, 2.75) is 83.7 Å². The molecule has 2 rings (SSSR count). The Kier molecular flexibility index (Phi) is 9.10. The zero-order valence-electron chi connectivity index (χ0n) is 16.3. The van der Waals surface area contributed by atoms with Crippen LogP contribution in [0.25, 0.3) is 0 Å². The Balaban J connectivity index is 1.48. The molecular formula is C23H36O2. The van der Waals surface area contributed by atoms with Gasteiger partial charge in [-0.05, 0) is 56.7 Å². The molecule has 0 N–H and O–H groups in total. The monoisotopic (exact) mass is 344 g/mol. The van der Waals surface area contributed by atoms with Gasteiger partial charge >= 0.3 is 0 Å². The van der Waals surface area contributed by atoms with Crippen molar-refractivity contribution < 1.29 is 9.47 Å². The maximum atomic E-state index is 5.85. The van der Waals surface area contributed by atoms with Crippen molar-refractivity contribution >= 4 is 0 Å². The number of unbranched alkanes of at least 4 members (excludes halogenated alkanes) is 7. The van der Waals surface area contributed by atoms with E-state index in [0.29, 0.717) is 6.61 Å². The molecule has 1 unspecified atom stereocenters. The summed E-state index contributed by atoms with van der Waals surface area (Å²) in [5.74, 6) is 0.978. The second-order valence-electron chi connectivity index (χ2n) is 7.57. The van der Waals surface area contributed by atoms with Crippen molar-refractivity contribution in [2.75, 3.05) is 13.2 Å². The van der Waals surface area contributed by atoms with E-state index in [9.17, 15) is 0 Å².